The summed E-state index contributed by atoms with van der Waals surface area (Å²) in [5.74, 6) is 0.368. The van der Waals surface area contributed by atoms with Crippen molar-refractivity contribution in [1.29, 1.82) is 0 Å². The average Bonchev–Trinajstić information content (AvgIpc) is 3.11. The van der Waals surface area contributed by atoms with Crippen molar-refractivity contribution < 1.29 is 14.4 Å². The molecule has 4 N–H and O–H groups in total. The van der Waals surface area contributed by atoms with E-state index in [9.17, 15) is 9.18 Å². The van der Waals surface area contributed by atoms with Crippen LogP contribution in [0, 0.1) is 23.6 Å². The summed E-state index contributed by atoms with van der Waals surface area (Å²) in [7, 11) is 0. The quantitative estimate of drug-likeness (QED) is 0.345. The molecule has 2 bridgehead atoms. The third-order valence-corrected chi connectivity index (χ3v) is 4.70. The Bertz CT molecular complexity index is 603. The largest absolute Gasteiger partial charge is 0.409 e. The molecule has 3 atom stereocenters. The number of hydrogen-bond donors (Lipinski definition) is 3. The van der Waals surface area contributed by atoms with Gasteiger partial charge in [0, 0.05) is 11.5 Å². The summed E-state index contributed by atoms with van der Waals surface area (Å²) < 4.78 is 13.3. The minimum Gasteiger partial charge on any atom is -0.409 e. The van der Waals surface area contributed by atoms with Gasteiger partial charge in [-0.05, 0) is 49.3 Å². The van der Waals surface area contributed by atoms with E-state index < -0.39 is 5.82 Å². The molecule has 2 aliphatic carbocycles. The first-order chi connectivity index (χ1) is 10.1. The van der Waals surface area contributed by atoms with E-state index in [1.807, 2.05) is 0 Å². The molecule has 0 radical (unpaired) electrons. The number of anilines is 1. The third kappa shape index (κ3) is 2.57. The lowest BCUT2D eigenvalue weighted by Gasteiger charge is -2.21. The van der Waals surface area contributed by atoms with Crippen LogP contribution in [0.1, 0.15) is 31.2 Å². The normalized spacial score (nSPS) is 27.9. The first-order valence-electron chi connectivity index (χ1n) is 7.16. The number of fused-ring (bicyclic) bond motifs is 2. The van der Waals surface area contributed by atoms with Gasteiger partial charge in [-0.25, -0.2) is 4.39 Å². The zero-order chi connectivity index (χ0) is 15.0. The van der Waals surface area contributed by atoms with Gasteiger partial charge in [-0.15, -0.1) is 0 Å². The number of halogens is 1. The lowest BCUT2D eigenvalue weighted by Crippen LogP contribution is -2.28. The van der Waals surface area contributed by atoms with Crippen molar-refractivity contribution in [2.75, 3.05) is 5.32 Å². The smallest absolute Gasteiger partial charge is 0.227 e. The lowest BCUT2D eigenvalue weighted by molar-refractivity contribution is -0.121. The van der Waals surface area contributed by atoms with Gasteiger partial charge in [0.15, 0.2) is 5.84 Å². The van der Waals surface area contributed by atoms with Crippen molar-refractivity contribution >= 4 is 17.4 Å². The highest BCUT2D eigenvalue weighted by molar-refractivity contribution is 6.05. The predicted octanol–water partition coefficient (Wildman–Crippen LogP) is 2.29. The van der Waals surface area contributed by atoms with Crippen LogP contribution in [0.5, 0.6) is 0 Å². The molecule has 2 aliphatic rings. The second kappa shape index (κ2) is 5.35. The standard InChI is InChI=1S/C15H18FN3O2/c16-10-3-4-13(12(7-10)14(17)19-21)18-15(20)11-6-8-1-2-9(11)5-8/h3-4,7-9,11,21H,1-2,5-6H2,(H2,17,19)(H,18,20). The SMILES string of the molecule is N/C(=N/O)c1cc(F)ccc1NC(=O)C1CC2CCC1C2. The van der Waals surface area contributed by atoms with Gasteiger partial charge in [0.2, 0.25) is 5.91 Å². The first-order valence-corrected chi connectivity index (χ1v) is 7.16. The molecule has 112 valence electrons. The van der Waals surface area contributed by atoms with Crippen LogP contribution >= 0.6 is 0 Å². The maximum atomic E-state index is 13.3. The second-order valence-electron chi connectivity index (χ2n) is 5.95. The molecule has 2 saturated carbocycles. The maximum absolute atomic E-state index is 13.3. The van der Waals surface area contributed by atoms with Gasteiger partial charge in [0.25, 0.3) is 0 Å². The summed E-state index contributed by atoms with van der Waals surface area (Å²) in [4.78, 5) is 12.4. The molecule has 0 spiro atoms. The van der Waals surface area contributed by atoms with E-state index >= 15 is 0 Å². The first kappa shape index (κ1) is 13.9. The maximum Gasteiger partial charge on any atom is 0.227 e. The Morgan fingerprint density at radius 3 is 2.81 bits per heavy atom. The number of carbonyl (C=O) groups is 1. The molecule has 1 amide bonds. The third-order valence-electron chi connectivity index (χ3n) is 4.70. The molecule has 0 aliphatic heterocycles. The molecule has 0 saturated heterocycles. The zero-order valence-corrected chi connectivity index (χ0v) is 11.6. The van der Waals surface area contributed by atoms with Gasteiger partial charge in [0.05, 0.1) is 5.69 Å². The Morgan fingerprint density at radius 2 is 2.19 bits per heavy atom. The van der Waals surface area contributed by atoms with Crippen LogP contribution in [0.2, 0.25) is 0 Å². The number of carbonyl (C=O) groups excluding carboxylic acids is 1. The van der Waals surface area contributed by atoms with Crippen molar-refractivity contribution in [1.82, 2.24) is 0 Å². The van der Waals surface area contributed by atoms with Gasteiger partial charge >= 0.3 is 0 Å². The lowest BCUT2D eigenvalue weighted by atomic mass is 9.88. The van der Waals surface area contributed by atoms with E-state index in [-0.39, 0.29) is 23.2 Å². The molecule has 0 aromatic heterocycles. The molecule has 21 heavy (non-hydrogen) atoms. The number of hydrogen-bond acceptors (Lipinski definition) is 3. The summed E-state index contributed by atoms with van der Waals surface area (Å²) in [6.45, 7) is 0. The fourth-order valence-electron chi connectivity index (χ4n) is 3.68. The van der Waals surface area contributed by atoms with E-state index in [0.717, 1.165) is 25.3 Å². The Hall–Kier alpha value is -2.11. The number of nitrogens with zero attached hydrogens (tertiary/aromatic N) is 1. The zero-order valence-electron chi connectivity index (χ0n) is 11.6. The van der Waals surface area contributed by atoms with Crippen molar-refractivity contribution in [3.63, 3.8) is 0 Å². The van der Waals surface area contributed by atoms with Gasteiger partial charge in [-0.2, -0.15) is 0 Å². The van der Waals surface area contributed by atoms with Gasteiger partial charge in [0.1, 0.15) is 5.82 Å². The van der Waals surface area contributed by atoms with Crippen molar-refractivity contribution in [2.24, 2.45) is 28.6 Å². The number of amidine groups is 1. The highest BCUT2D eigenvalue weighted by atomic mass is 19.1. The van der Waals surface area contributed by atoms with E-state index in [1.54, 1.807) is 0 Å². The molecule has 0 heterocycles. The van der Waals surface area contributed by atoms with Gasteiger partial charge in [-0.1, -0.05) is 11.6 Å². The number of rotatable bonds is 3. The highest BCUT2D eigenvalue weighted by Crippen LogP contribution is 2.48. The Kier molecular flexibility index (Phi) is 3.53. The summed E-state index contributed by atoms with van der Waals surface area (Å²) in [6, 6.07) is 3.82. The minimum absolute atomic E-state index is 0.0222. The Labute approximate surface area is 122 Å². The van der Waals surface area contributed by atoms with Crippen LogP contribution in [0.3, 0.4) is 0 Å². The molecule has 6 heteroatoms. The molecule has 1 aromatic rings. The van der Waals surface area contributed by atoms with Crippen LogP contribution in [-0.4, -0.2) is 17.0 Å². The van der Waals surface area contributed by atoms with E-state index in [0.29, 0.717) is 17.5 Å². The topological polar surface area (TPSA) is 87.7 Å². The van der Waals surface area contributed by atoms with Crippen LogP contribution in [0.15, 0.2) is 23.4 Å². The Morgan fingerprint density at radius 1 is 1.38 bits per heavy atom. The molecule has 5 nitrogen and oxygen atoms in total. The number of nitrogens with two attached hydrogens (primary N) is 1. The number of benzene rings is 1. The molecule has 1 aromatic carbocycles. The fraction of sp³-hybridized carbons (Fsp3) is 0.467. The van der Waals surface area contributed by atoms with Crippen molar-refractivity contribution in [2.45, 2.75) is 25.7 Å². The molecule has 2 fully saturated rings. The Balaban J connectivity index is 1.80. The number of oxime groups is 1. The van der Waals surface area contributed by atoms with Crippen LogP contribution in [0.25, 0.3) is 0 Å². The highest BCUT2D eigenvalue weighted by Gasteiger charge is 2.43. The van der Waals surface area contributed by atoms with Crippen LogP contribution < -0.4 is 11.1 Å². The number of amides is 1. The van der Waals surface area contributed by atoms with Crippen LogP contribution in [0.4, 0.5) is 10.1 Å². The molecule has 3 unspecified atom stereocenters. The van der Waals surface area contributed by atoms with Gasteiger partial charge < -0.3 is 16.3 Å². The van der Waals surface area contributed by atoms with Crippen LogP contribution in [-0.2, 0) is 4.79 Å². The summed E-state index contributed by atoms with van der Waals surface area (Å²) >= 11 is 0. The van der Waals surface area contributed by atoms with E-state index in [2.05, 4.69) is 10.5 Å². The van der Waals surface area contributed by atoms with Crippen molar-refractivity contribution in [3.8, 4) is 0 Å². The van der Waals surface area contributed by atoms with Crippen molar-refractivity contribution in [3.05, 3.63) is 29.6 Å². The van der Waals surface area contributed by atoms with E-state index in [1.165, 1.54) is 18.6 Å². The fourth-order valence-corrected chi connectivity index (χ4v) is 3.68. The predicted molar refractivity (Wildman–Crippen MR) is 76.5 cm³/mol. The molecular weight excluding hydrogens is 273 g/mol. The average molecular weight is 291 g/mol. The molecular formula is C15H18FN3O2. The minimum atomic E-state index is -0.505. The summed E-state index contributed by atoms with van der Waals surface area (Å²) in [6.07, 6.45) is 4.39. The molecule has 3 rings (SSSR count). The summed E-state index contributed by atoms with van der Waals surface area (Å²) in [5, 5.41) is 14.4. The summed E-state index contributed by atoms with van der Waals surface area (Å²) in [5.41, 5.74) is 6.10. The monoisotopic (exact) mass is 291 g/mol. The number of nitrogens with one attached hydrogen (secondary N) is 1. The van der Waals surface area contributed by atoms with E-state index in [4.69, 9.17) is 10.9 Å². The van der Waals surface area contributed by atoms with Gasteiger partial charge in [-0.3, -0.25) is 4.79 Å². The second-order valence-corrected chi connectivity index (χ2v) is 5.95.